The van der Waals surface area contributed by atoms with Crippen LogP contribution in [0.4, 0.5) is 4.39 Å². The average Bonchev–Trinajstić information content (AvgIpc) is 2.58. The van der Waals surface area contributed by atoms with Gasteiger partial charge >= 0.3 is 5.97 Å². The molecule has 1 amide bonds. The first-order valence-electron chi connectivity index (χ1n) is 6.84. The topological polar surface area (TPSA) is 72.5 Å². The van der Waals surface area contributed by atoms with Crippen LogP contribution in [-0.2, 0) is 9.53 Å². The van der Waals surface area contributed by atoms with Crippen LogP contribution in [0.15, 0.2) is 54.6 Å². The fourth-order valence-corrected chi connectivity index (χ4v) is 1.79. The SMILES string of the molecule is O=C(CNC(=O)c1cccc(F)c1)OCC(=O)c1ccccc1. The number of halogens is 1. The molecule has 6 heteroatoms. The molecule has 0 aliphatic carbocycles. The average molecular weight is 315 g/mol. The predicted molar refractivity (Wildman–Crippen MR) is 80.5 cm³/mol. The lowest BCUT2D eigenvalue weighted by molar-refractivity contribution is -0.141. The number of esters is 1. The highest BCUT2D eigenvalue weighted by molar-refractivity contribution is 5.98. The molecule has 0 atom stereocenters. The Morgan fingerprint density at radius 1 is 0.957 bits per heavy atom. The number of benzene rings is 2. The number of Topliss-reactive ketones (excluding diaryl/α,β-unsaturated/α-hetero) is 1. The second-order valence-electron chi connectivity index (χ2n) is 4.64. The lowest BCUT2D eigenvalue weighted by Gasteiger charge is -2.06. The summed E-state index contributed by atoms with van der Waals surface area (Å²) in [6.07, 6.45) is 0. The van der Waals surface area contributed by atoms with E-state index in [-0.39, 0.29) is 11.3 Å². The highest BCUT2D eigenvalue weighted by Gasteiger charge is 2.12. The molecular formula is C17H14FNO4. The minimum Gasteiger partial charge on any atom is -0.456 e. The highest BCUT2D eigenvalue weighted by atomic mass is 19.1. The maximum Gasteiger partial charge on any atom is 0.325 e. The van der Waals surface area contributed by atoms with Crippen LogP contribution in [0, 0.1) is 5.82 Å². The molecule has 0 bridgehead atoms. The van der Waals surface area contributed by atoms with Gasteiger partial charge in [-0.1, -0.05) is 36.4 Å². The van der Waals surface area contributed by atoms with Gasteiger partial charge in [0.15, 0.2) is 12.4 Å². The van der Waals surface area contributed by atoms with Crippen molar-refractivity contribution in [2.45, 2.75) is 0 Å². The van der Waals surface area contributed by atoms with Gasteiger partial charge in [-0.15, -0.1) is 0 Å². The van der Waals surface area contributed by atoms with Crippen molar-refractivity contribution in [2.24, 2.45) is 0 Å². The second-order valence-corrected chi connectivity index (χ2v) is 4.64. The third kappa shape index (κ3) is 5.03. The van der Waals surface area contributed by atoms with Crippen molar-refractivity contribution in [3.8, 4) is 0 Å². The van der Waals surface area contributed by atoms with Crippen LogP contribution < -0.4 is 5.32 Å². The van der Waals surface area contributed by atoms with Gasteiger partial charge in [0.05, 0.1) is 0 Å². The smallest absolute Gasteiger partial charge is 0.325 e. The molecular weight excluding hydrogens is 301 g/mol. The van der Waals surface area contributed by atoms with Crippen molar-refractivity contribution < 1.29 is 23.5 Å². The molecule has 2 aromatic carbocycles. The molecule has 0 saturated heterocycles. The normalized spacial score (nSPS) is 9.96. The summed E-state index contributed by atoms with van der Waals surface area (Å²) in [7, 11) is 0. The fourth-order valence-electron chi connectivity index (χ4n) is 1.79. The van der Waals surface area contributed by atoms with Crippen LogP contribution in [0.5, 0.6) is 0 Å². The number of ether oxygens (including phenoxy) is 1. The van der Waals surface area contributed by atoms with Gasteiger partial charge in [0, 0.05) is 11.1 Å². The summed E-state index contributed by atoms with van der Waals surface area (Å²) < 4.78 is 17.8. The van der Waals surface area contributed by atoms with E-state index in [1.54, 1.807) is 30.3 Å². The molecule has 0 aromatic heterocycles. The van der Waals surface area contributed by atoms with Gasteiger partial charge in [-0.2, -0.15) is 0 Å². The van der Waals surface area contributed by atoms with Crippen molar-refractivity contribution in [2.75, 3.05) is 13.2 Å². The number of ketones is 1. The van der Waals surface area contributed by atoms with E-state index in [0.717, 1.165) is 6.07 Å². The van der Waals surface area contributed by atoms with E-state index in [4.69, 9.17) is 4.74 Å². The van der Waals surface area contributed by atoms with Crippen LogP contribution in [0.25, 0.3) is 0 Å². The van der Waals surface area contributed by atoms with Crippen LogP contribution in [0.2, 0.25) is 0 Å². The summed E-state index contributed by atoms with van der Waals surface area (Å²) in [5.74, 6) is -2.24. The van der Waals surface area contributed by atoms with Crippen molar-refractivity contribution >= 4 is 17.7 Å². The van der Waals surface area contributed by atoms with Crippen LogP contribution in [0.3, 0.4) is 0 Å². The Morgan fingerprint density at radius 3 is 2.35 bits per heavy atom. The van der Waals surface area contributed by atoms with Gasteiger partial charge in [-0.3, -0.25) is 14.4 Å². The molecule has 0 radical (unpaired) electrons. The van der Waals surface area contributed by atoms with Crippen molar-refractivity contribution in [1.29, 1.82) is 0 Å². The third-order valence-electron chi connectivity index (χ3n) is 2.94. The summed E-state index contributed by atoms with van der Waals surface area (Å²) in [6, 6.07) is 13.5. The van der Waals surface area contributed by atoms with Gasteiger partial charge in [-0.25, -0.2) is 4.39 Å². The second kappa shape index (κ2) is 7.84. The predicted octanol–water partition coefficient (Wildman–Crippen LogP) is 1.98. The first kappa shape index (κ1) is 16.4. The third-order valence-corrected chi connectivity index (χ3v) is 2.94. The Labute approximate surface area is 132 Å². The fraction of sp³-hybridized carbons (Fsp3) is 0.118. The molecule has 0 spiro atoms. The number of rotatable bonds is 6. The Kier molecular flexibility index (Phi) is 5.57. The zero-order valence-electron chi connectivity index (χ0n) is 12.1. The number of carbonyl (C=O) groups excluding carboxylic acids is 3. The van der Waals surface area contributed by atoms with E-state index in [2.05, 4.69) is 5.32 Å². The van der Waals surface area contributed by atoms with E-state index in [1.807, 2.05) is 0 Å². The molecule has 1 N–H and O–H groups in total. The Morgan fingerprint density at radius 2 is 1.65 bits per heavy atom. The van der Waals surface area contributed by atoms with E-state index < -0.39 is 30.8 Å². The number of nitrogens with one attached hydrogen (secondary N) is 1. The number of carbonyl (C=O) groups is 3. The lowest BCUT2D eigenvalue weighted by atomic mass is 10.1. The number of amides is 1. The van der Waals surface area contributed by atoms with Gasteiger partial charge in [-0.05, 0) is 18.2 Å². The van der Waals surface area contributed by atoms with Gasteiger partial charge in [0.2, 0.25) is 0 Å². The maximum atomic E-state index is 13.0. The Bertz CT molecular complexity index is 716. The Balaban J connectivity index is 1.77. The summed E-state index contributed by atoms with van der Waals surface area (Å²) in [5, 5.41) is 2.30. The van der Waals surface area contributed by atoms with Crippen LogP contribution in [-0.4, -0.2) is 30.8 Å². The van der Waals surface area contributed by atoms with E-state index in [0.29, 0.717) is 5.56 Å². The molecule has 0 aliphatic rings. The molecule has 0 heterocycles. The van der Waals surface area contributed by atoms with Crippen LogP contribution in [0.1, 0.15) is 20.7 Å². The van der Waals surface area contributed by atoms with Gasteiger partial charge in [0.25, 0.3) is 5.91 Å². The first-order chi connectivity index (χ1) is 11.1. The molecule has 0 aliphatic heterocycles. The van der Waals surface area contributed by atoms with E-state index in [9.17, 15) is 18.8 Å². The standard InChI is InChI=1S/C17H14FNO4/c18-14-8-4-7-13(9-14)17(22)19-10-16(21)23-11-15(20)12-5-2-1-3-6-12/h1-9H,10-11H2,(H,19,22). The molecule has 23 heavy (non-hydrogen) atoms. The minimum absolute atomic E-state index is 0.0955. The molecule has 0 unspecified atom stereocenters. The molecule has 2 rings (SSSR count). The molecule has 0 fully saturated rings. The van der Waals surface area contributed by atoms with Gasteiger partial charge in [0.1, 0.15) is 12.4 Å². The number of hydrogen-bond donors (Lipinski definition) is 1. The largest absolute Gasteiger partial charge is 0.456 e. The number of hydrogen-bond acceptors (Lipinski definition) is 4. The zero-order chi connectivity index (χ0) is 16.7. The molecule has 0 saturated carbocycles. The van der Waals surface area contributed by atoms with E-state index >= 15 is 0 Å². The zero-order valence-corrected chi connectivity index (χ0v) is 12.1. The molecule has 2 aromatic rings. The first-order valence-corrected chi connectivity index (χ1v) is 6.84. The highest BCUT2D eigenvalue weighted by Crippen LogP contribution is 2.03. The van der Waals surface area contributed by atoms with Gasteiger partial charge < -0.3 is 10.1 Å². The summed E-state index contributed by atoms with van der Waals surface area (Å²) >= 11 is 0. The molecule has 5 nitrogen and oxygen atoms in total. The van der Waals surface area contributed by atoms with Crippen molar-refractivity contribution in [3.05, 3.63) is 71.5 Å². The quantitative estimate of drug-likeness (QED) is 0.653. The molecule has 118 valence electrons. The summed E-state index contributed by atoms with van der Waals surface area (Å²) in [4.78, 5) is 35.0. The maximum absolute atomic E-state index is 13.0. The van der Waals surface area contributed by atoms with Crippen molar-refractivity contribution in [1.82, 2.24) is 5.32 Å². The lowest BCUT2D eigenvalue weighted by Crippen LogP contribution is -2.31. The van der Waals surface area contributed by atoms with Crippen LogP contribution >= 0.6 is 0 Å². The van der Waals surface area contributed by atoms with Crippen molar-refractivity contribution in [3.63, 3.8) is 0 Å². The summed E-state index contributed by atoms with van der Waals surface area (Å²) in [5.41, 5.74) is 0.530. The summed E-state index contributed by atoms with van der Waals surface area (Å²) in [6.45, 7) is -0.809. The minimum atomic E-state index is -0.751. The monoisotopic (exact) mass is 315 g/mol. The van der Waals surface area contributed by atoms with E-state index in [1.165, 1.54) is 18.2 Å². The Hall–Kier alpha value is -3.02.